The SMILES string of the molecule is CCOCC1CCCN(C(=O)C(NC(=O)OC(C)(C)C)c2ccccc2)C1. The Bertz CT molecular complexity index is 612. The quantitative estimate of drug-likeness (QED) is 0.825. The number of piperidine rings is 1. The van der Waals surface area contributed by atoms with Gasteiger partial charge in [0.2, 0.25) is 5.91 Å². The number of nitrogens with zero attached hydrogens (tertiary/aromatic N) is 1. The number of amides is 2. The van der Waals surface area contributed by atoms with Gasteiger partial charge >= 0.3 is 6.09 Å². The van der Waals surface area contributed by atoms with E-state index in [-0.39, 0.29) is 5.91 Å². The van der Waals surface area contributed by atoms with Crippen molar-refractivity contribution in [3.05, 3.63) is 35.9 Å². The number of hydrogen-bond acceptors (Lipinski definition) is 4. The minimum atomic E-state index is -0.758. The first-order valence-electron chi connectivity index (χ1n) is 9.71. The average Bonchev–Trinajstić information content (AvgIpc) is 2.63. The largest absolute Gasteiger partial charge is 0.444 e. The molecule has 0 bridgehead atoms. The molecule has 1 saturated heterocycles. The van der Waals surface area contributed by atoms with Crippen LogP contribution in [0.4, 0.5) is 4.79 Å². The molecule has 1 fully saturated rings. The molecular formula is C21H32N2O4. The van der Waals surface area contributed by atoms with E-state index < -0.39 is 17.7 Å². The minimum absolute atomic E-state index is 0.103. The van der Waals surface area contributed by atoms with Gasteiger partial charge in [-0.05, 0) is 52.0 Å². The molecule has 1 aliphatic heterocycles. The Morgan fingerprint density at radius 1 is 1.26 bits per heavy atom. The maximum absolute atomic E-state index is 13.2. The average molecular weight is 376 g/mol. The molecule has 1 aliphatic rings. The molecule has 1 N–H and O–H groups in total. The lowest BCUT2D eigenvalue weighted by molar-refractivity contribution is -0.136. The molecule has 6 heteroatoms. The summed E-state index contributed by atoms with van der Waals surface area (Å²) in [6.45, 7) is 10.1. The van der Waals surface area contributed by atoms with E-state index >= 15 is 0 Å². The first-order chi connectivity index (χ1) is 12.8. The van der Waals surface area contributed by atoms with Gasteiger partial charge in [-0.25, -0.2) is 4.79 Å². The topological polar surface area (TPSA) is 67.9 Å². The van der Waals surface area contributed by atoms with E-state index in [1.54, 1.807) is 20.8 Å². The Labute approximate surface area is 162 Å². The fourth-order valence-corrected chi connectivity index (χ4v) is 3.23. The summed E-state index contributed by atoms with van der Waals surface area (Å²) < 4.78 is 10.9. The lowest BCUT2D eigenvalue weighted by atomic mass is 9.97. The number of ether oxygens (including phenoxy) is 2. The van der Waals surface area contributed by atoms with Crippen LogP contribution in [0.5, 0.6) is 0 Å². The van der Waals surface area contributed by atoms with Gasteiger partial charge in [0.25, 0.3) is 0 Å². The third-order valence-corrected chi connectivity index (χ3v) is 4.43. The molecule has 1 aromatic carbocycles. The van der Waals surface area contributed by atoms with Crippen molar-refractivity contribution in [2.24, 2.45) is 5.92 Å². The van der Waals surface area contributed by atoms with Crippen LogP contribution in [0.3, 0.4) is 0 Å². The highest BCUT2D eigenvalue weighted by molar-refractivity contribution is 5.87. The number of benzene rings is 1. The zero-order chi connectivity index (χ0) is 19.9. The van der Waals surface area contributed by atoms with Crippen LogP contribution in [0.1, 0.15) is 52.1 Å². The Morgan fingerprint density at radius 3 is 2.59 bits per heavy atom. The monoisotopic (exact) mass is 376 g/mol. The van der Waals surface area contributed by atoms with E-state index in [4.69, 9.17) is 9.47 Å². The summed E-state index contributed by atoms with van der Waals surface area (Å²) in [7, 11) is 0. The van der Waals surface area contributed by atoms with Crippen molar-refractivity contribution in [1.29, 1.82) is 0 Å². The minimum Gasteiger partial charge on any atom is -0.444 e. The van der Waals surface area contributed by atoms with Crippen molar-refractivity contribution in [2.45, 2.75) is 52.2 Å². The predicted octanol–water partition coefficient (Wildman–Crippen LogP) is 3.53. The van der Waals surface area contributed by atoms with E-state index in [1.807, 2.05) is 42.2 Å². The molecular weight excluding hydrogens is 344 g/mol. The lowest BCUT2D eigenvalue weighted by Gasteiger charge is -2.35. The molecule has 0 aliphatic carbocycles. The van der Waals surface area contributed by atoms with Gasteiger partial charge in [0.15, 0.2) is 0 Å². The van der Waals surface area contributed by atoms with Gasteiger partial charge in [0, 0.05) is 19.7 Å². The molecule has 2 rings (SSSR count). The zero-order valence-corrected chi connectivity index (χ0v) is 16.9. The van der Waals surface area contributed by atoms with Crippen LogP contribution >= 0.6 is 0 Å². The first-order valence-corrected chi connectivity index (χ1v) is 9.71. The third kappa shape index (κ3) is 6.86. The Morgan fingerprint density at radius 2 is 1.96 bits per heavy atom. The fraction of sp³-hybridized carbons (Fsp3) is 0.619. The van der Waals surface area contributed by atoms with Crippen LogP contribution in [0, 0.1) is 5.92 Å². The van der Waals surface area contributed by atoms with E-state index in [9.17, 15) is 9.59 Å². The molecule has 1 heterocycles. The zero-order valence-electron chi connectivity index (χ0n) is 16.9. The number of carbonyl (C=O) groups excluding carboxylic acids is 2. The summed E-state index contributed by atoms with van der Waals surface area (Å²) in [5.41, 5.74) is 0.127. The molecule has 2 atom stereocenters. The summed E-state index contributed by atoms with van der Waals surface area (Å²) in [4.78, 5) is 27.4. The van der Waals surface area contributed by atoms with E-state index in [2.05, 4.69) is 5.32 Å². The lowest BCUT2D eigenvalue weighted by Crippen LogP contribution is -2.48. The molecule has 0 saturated carbocycles. The molecule has 2 amide bonds. The molecule has 150 valence electrons. The molecule has 1 aromatic rings. The van der Waals surface area contributed by atoms with Gasteiger partial charge in [-0.2, -0.15) is 0 Å². The molecule has 0 radical (unpaired) electrons. The normalized spacial score (nSPS) is 18.7. The molecule has 6 nitrogen and oxygen atoms in total. The van der Waals surface area contributed by atoms with Crippen molar-refractivity contribution in [2.75, 3.05) is 26.3 Å². The highest BCUT2D eigenvalue weighted by Crippen LogP contribution is 2.23. The van der Waals surface area contributed by atoms with Gasteiger partial charge < -0.3 is 19.7 Å². The molecule has 0 aromatic heterocycles. The van der Waals surface area contributed by atoms with Gasteiger partial charge in [0.1, 0.15) is 11.6 Å². The summed E-state index contributed by atoms with van der Waals surface area (Å²) in [6.07, 6.45) is 1.41. The predicted molar refractivity (Wildman–Crippen MR) is 104 cm³/mol. The number of carbonyl (C=O) groups is 2. The van der Waals surface area contributed by atoms with Crippen LogP contribution in [0.2, 0.25) is 0 Å². The number of nitrogens with one attached hydrogen (secondary N) is 1. The summed E-state index contributed by atoms with van der Waals surface area (Å²) in [5.74, 6) is 0.230. The maximum Gasteiger partial charge on any atom is 0.408 e. The van der Waals surface area contributed by atoms with Crippen LogP contribution in [-0.4, -0.2) is 48.8 Å². The molecule has 2 unspecified atom stereocenters. The van der Waals surface area contributed by atoms with Crippen LogP contribution in [0.25, 0.3) is 0 Å². The molecule has 27 heavy (non-hydrogen) atoms. The van der Waals surface area contributed by atoms with Crippen LogP contribution in [-0.2, 0) is 14.3 Å². The van der Waals surface area contributed by atoms with Crippen molar-refractivity contribution in [3.63, 3.8) is 0 Å². The molecule has 0 spiro atoms. The van der Waals surface area contributed by atoms with Crippen LogP contribution in [0.15, 0.2) is 30.3 Å². The summed E-state index contributed by atoms with van der Waals surface area (Å²) in [6, 6.07) is 8.55. The number of rotatable bonds is 6. The third-order valence-electron chi connectivity index (χ3n) is 4.43. The second-order valence-electron chi connectivity index (χ2n) is 7.94. The fourth-order valence-electron chi connectivity index (χ4n) is 3.23. The first kappa shape index (κ1) is 21.2. The number of likely N-dealkylation sites (tertiary alicyclic amines) is 1. The maximum atomic E-state index is 13.2. The van der Waals surface area contributed by atoms with Crippen molar-refractivity contribution >= 4 is 12.0 Å². The highest BCUT2D eigenvalue weighted by atomic mass is 16.6. The van der Waals surface area contributed by atoms with Crippen molar-refractivity contribution in [3.8, 4) is 0 Å². The smallest absolute Gasteiger partial charge is 0.408 e. The Kier molecular flexibility index (Phi) is 7.66. The van der Waals surface area contributed by atoms with Crippen molar-refractivity contribution < 1.29 is 19.1 Å². The second kappa shape index (κ2) is 9.74. The number of alkyl carbamates (subject to hydrolysis) is 1. The van der Waals surface area contributed by atoms with Crippen molar-refractivity contribution in [1.82, 2.24) is 10.2 Å². The van der Waals surface area contributed by atoms with Gasteiger partial charge in [-0.3, -0.25) is 4.79 Å². The van der Waals surface area contributed by atoms with E-state index in [1.165, 1.54) is 0 Å². The van der Waals surface area contributed by atoms with E-state index in [0.29, 0.717) is 32.2 Å². The van der Waals surface area contributed by atoms with Crippen LogP contribution < -0.4 is 5.32 Å². The van der Waals surface area contributed by atoms with Gasteiger partial charge in [-0.15, -0.1) is 0 Å². The summed E-state index contributed by atoms with van der Waals surface area (Å²) >= 11 is 0. The number of hydrogen-bond donors (Lipinski definition) is 1. The van der Waals surface area contributed by atoms with E-state index in [0.717, 1.165) is 18.4 Å². The van der Waals surface area contributed by atoms with Gasteiger partial charge in [-0.1, -0.05) is 30.3 Å². The van der Waals surface area contributed by atoms with Gasteiger partial charge in [0.05, 0.1) is 6.61 Å². The standard InChI is InChI=1S/C21H32N2O4/c1-5-26-15-16-10-9-13-23(14-16)19(24)18(17-11-7-6-8-12-17)22-20(25)27-21(2,3)4/h6-8,11-12,16,18H,5,9-10,13-15H2,1-4H3,(H,22,25). The Hall–Kier alpha value is -2.08. The second-order valence-corrected chi connectivity index (χ2v) is 7.94. The highest BCUT2D eigenvalue weighted by Gasteiger charge is 2.32. The summed E-state index contributed by atoms with van der Waals surface area (Å²) in [5, 5.41) is 2.76. The Balaban J connectivity index is 2.12.